The van der Waals surface area contributed by atoms with Crippen LogP contribution in [0.1, 0.15) is 21.8 Å². The normalized spacial score (nSPS) is 20.1. The Hall–Kier alpha value is -2.49. The second kappa shape index (κ2) is 6.10. The van der Waals surface area contributed by atoms with Crippen LogP contribution in [-0.2, 0) is 0 Å². The van der Waals surface area contributed by atoms with Crippen LogP contribution in [0.15, 0.2) is 64.8 Å². The van der Waals surface area contributed by atoms with Gasteiger partial charge in [0, 0.05) is 31.3 Å². The van der Waals surface area contributed by atoms with Gasteiger partial charge >= 0.3 is 0 Å². The Kier molecular flexibility index (Phi) is 4.00. The lowest BCUT2D eigenvalue weighted by atomic mass is 9.88. The highest BCUT2D eigenvalue weighted by Gasteiger charge is 2.33. The van der Waals surface area contributed by atoms with E-state index in [4.69, 9.17) is 0 Å². The Labute approximate surface area is 130 Å². The largest absolute Gasteiger partial charge is 0.378 e. The fraction of sp³-hybridized carbons (Fsp3) is 0.278. The molecule has 112 valence electrons. The molecule has 0 N–H and O–H groups in total. The quantitative estimate of drug-likeness (QED) is 0.809. The fourth-order valence-electron chi connectivity index (χ4n) is 2.72. The van der Waals surface area contributed by atoms with E-state index in [0.717, 1.165) is 11.3 Å². The van der Waals surface area contributed by atoms with Gasteiger partial charge < -0.3 is 4.90 Å². The molecule has 0 saturated carbocycles. The molecule has 1 aliphatic heterocycles. The SMILES string of the molecule is CN(C)c1ccc(C(=O)[C@@H]2N=NC[C@H]2c2ccccc2)cc1. The molecule has 22 heavy (non-hydrogen) atoms. The third kappa shape index (κ3) is 2.77. The molecule has 4 heteroatoms. The number of carbonyl (C=O) groups is 1. The summed E-state index contributed by atoms with van der Waals surface area (Å²) < 4.78 is 0. The number of nitrogens with zero attached hydrogens (tertiary/aromatic N) is 3. The lowest BCUT2D eigenvalue weighted by molar-refractivity contribution is 0.0956. The average molecular weight is 293 g/mol. The second-order valence-electron chi connectivity index (χ2n) is 5.71. The maximum Gasteiger partial charge on any atom is 0.189 e. The van der Waals surface area contributed by atoms with Gasteiger partial charge in [-0.3, -0.25) is 4.79 Å². The van der Waals surface area contributed by atoms with Gasteiger partial charge in [-0.25, -0.2) is 0 Å². The highest BCUT2D eigenvalue weighted by Crippen LogP contribution is 2.30. The minimum Gasteiger partial charge on any atom is -0.378 e. The monoisotopic (exact) mass is 293 g/mol. The number of carbonyl (C=O) groups excluding carboxylic acids is 1. The van der Waals surface area contributed by atoms with E-state index in [2.05, 4.69) is 10.2 Å². The zero-order chi connectivity index (χ0) is 15.5. The van der Waals surface area contributed by atoms with E-state index in [0.29, 0.717) is 12.1 Å². The first kappa shape index (κ1) is 14.4. The van der Waals surface area contributed by atoms with E-state index in [1.807, 2.05) is 73.6 Å². The van der Waals surface area contributed by atoms with Crippen molar-refractivity contribution in [1.29, 1.82) is 0 Å². The highest BCUT2D eigenvalue weighted by molar-refractivity contribution is 6.01. The Morgan fingerprint density at radius 3 is 2.36 bits per heavy atom. The Morgan fingerprint density at radius 1 is 1.05 bits per heavy atom. The van der Waals surface area contributed by atoms with Crippen LogP contribution >= 0.6 is 0 Å². The second-order valence-corrected chi connectivity index (χ2v) is 5.71. The molecule has 0 bridgehead atoms. The van der Waals surface area contributed by atoms with Crippen molar-refractivity contribution in [2.75, 3.05) is 25.5 Å². The molecule has 1 aliphatic rings. The van der Waals surface area contributed by atoms with Crippen LogP contribution < -0.4 is 4.90 Å². The zero-order valence-electron chi connectivity index (χ0n) is 12.8. The maximum atomic E-state index is 12.7. The third-order valence-electron chi connectivity index (χ3n) is 4.03. The summed E-state index contributed by atoms with van der Waals surface area (Å²) in [5.41, 5.74) is 2.89. The summed E-state index contributed by atoms with van der Waals surface area (Å²) in [5.74, 6) is 0.0858. The van der Waals surface area contributed by atoms with Gasteiger partial charge in [0.25, 0.3) is 0 Å². The fourth-order valence-corrected chi connectivity index (χ4v) is 2.72. The van der Waals surface area contributed by atoms with Crippen LogP contribution in [-0.4, -0.2) is 32.5 Å². The number of hydrogen-bond acceptors (Lipinski definition) is 4. The number of anilines is 1. The predicted molar refractivity (Wildman–Crippen MR) is 87.8 cm³/mol. The zero-order valence-corrected chi connectivity index (χ0v) is 12.8. The van der Waals surface area contributed by atoms with Gasteiger partial charge in [0.2, 0.25) is 0 Å². The first-order valence-electron chi connectivity index (χ1n) is 7.40. The van der Waals surface area contributed by atoms with Crippen LogP contribution in [0.2, 0.25) is 0 Å². The molecule has 2 aromatic rings. The minimum absolute atomic E-state index is 0.0420. The van der Waals surface area contributed by atoms with Crippen LogP contribution in [0.4, 0.5) is 5.69 Å². The number of ketones is 1. The number of benzene rings is 2. The van der Waals surface area contributed by atoms with E-state index < -0.39 is 6.04 Å². The van der Waals surface area contributed by atoms with Crippen molar-refractivity contribution in [3.63, 3.8) is 0 Å². The lowest BCUT2D eigenvalue weighted by Crippen LogP contribution is -2.25. The van der Waals surface area contributed by atoms with Crippen molar-refractivity contribution in [3.8, 4) is 0 Å². The summed E-state index contributed by atoms with van der Waals surface area (Å²) in [6.45, 7) is 0.580. The molecular weight excluding hydrogens is 274 g/mol. The molecule has 0 aromatic heterocycles. The molecule has 0 aliphatic carbocycles. The van der Waals surface area contributed by atoms with E-state index in [9.17, 15) is 4.79 Å². The Morgan fingerprint density at radius 2 is 1.73 bits per heavy atom. The minimum atomic E-state index is -0.410. The molecule has 0 unspecified atom stereocenters. The average Bonchev–Trinajstić information content (AvgIpc) is 3.04. The summed E-state index contributed by atoms with van der Waals surface area (Å²) >= 11 is 0. The lowest BCUT2D eigenvalue weighted by Gasteiger charge is -2.17. The molecule has 0 radical (unpaired) electrons. The van der Waals surface area contributed by atoms with Crippen LogP contribution in [0.25, 0.3) is 0 Å². The molecule has 0 saturated heterocycles. The molecule has 2 aromatic carbocycles. The number of rotatable bonds is 4. The Bertz CT molecular complexity index is 677. The van der Waals surface area contributed by atoms with Crippen molar-refractivity contribution in [2.24, 2.45) is 10.2 Å². The molecular formula is C18H19N3O. The van der Waals surface area contributed by atoms with Crippen molar-refractivity contribution in [2.45, 2.75) is 12.0 Å². The number of Topliss-reactive ketones (excluding diaryl/α,β-unsaturated/α-hetero) is 1. The third-order valence-corrected chi connectivity index (χ3v) is 4.03. The van der Waals surface area contributed by atoms with Gasteiger partial charge in [0.05, 0.1) is 6.54 Å². The highest BCUT2D eigenvalue weighted by atomic mass is 16.1. The van der Waals surface area contributed by atoms with Crippen molar-refractivity contribution in [1.82, 2.24) is 0 Å². The standard InChI is InChI=1S/C18H19N3O/c1-21(2)15-10-8-14(9-11-15)18(22)17-16(12-19-20-17)13-6-4-3-5-7-13/h3-11,16-17H,12H2,1-2H3/t16-,17+/m0/s1. The van der Waals surface area contributed by atoms with Gasteiger partial charge in [-0.05, 0) is 29.8 Å². The molecule has 4 nitrogen and oxygen atoms in total. The van der Waals surface area contributed by atoms with Crippen LogP contribution in [0, 0.1) is 0 Å². The smallest absolute Gasteiger partial charge is 0.189 e. The van der Waals surface area contributed by atoms with E-state index in [-0.39, 0.29) is 11.7 Å². The summed E-state index contributed by atoms with van der Waals surface area (Å²) in [4.78, 5) is 14.8. The molecule has 0 amide bonds. The van der Waals surface area contributed by atoms with E-state index in [1.165, 1.54) is 0 Å². The summed E-state index contributed by atoms with van der Waals surface area (Å²) in [5, 5.41) is 8.30. The first-order valence-corrected chi connectivity index (χ1v) is 7.40. The van der Waals surface area contributed by atoms with Gasteiger partial charge in [-0.1, -0.05) is 30.3 Å². The van der Waals surface area contributed by atoms with Crippen LogP contribution in [0.5, 0.6) is 0 Å². The summed E-state index contributed by atoms with van der Waals surface area (Å²) in [7, 11) is 3.96. The number of hydrogen-bond donors (Lipinski definition) is 0. The molecule has 1 heterocycles. The van der Waals surface area contributed by atoms with Gasteiger partial charge in [-0.2, -0.15) is 10.2 Å². The van der Waals surface area contributed by atoms with Crippen molar-refractivity contribution >= 4 is 11.5 Å². The molecule has 3 rings (SSSR count). The van der Waals surface area contributed by atoms with Crippen molar-refractivity contribution < 1.29 is 4.79 Å². The summed E-state index contributed by atoms with van der Waals surface area (Å²) in [6, 6.07) is 17.3. The predicted octanol–water partition coefficient (Wildman–Crippen LogP) is 3.55. The van der Waals surface area contributed by atoms with E-state index in [1.54, 1.807) is 0 Å². The Balaban J connectivity index is 1.83. The first-order chi connectivity index (χ1) is 10.7. The molecule has 0 fully saturated rings. The van der Waals surface area contributed by atoms with Gasteiger partial charge in [0.1, 0.15) is 6.04 Å². The molecule has 0 spiro atoms. The topological polar surface area (TPSA) is 45.0 Å². The van der Waals surface area contributed by atoms with Crippen molar-refractivity contribution in [3.05, 3.63) is 65.7 Å². The van der Waals surface area contributed by atoms with Crippen LogP contribution in [0.3, 0.4) is 0 Å². The maximum absolute atomic E-state index is 12.7. The van der Waals surface area contributed by atoms with Gasteiger partial charge in [0.15, 0.2) is 5.78 Å². The summed E-state index contributed by atoms with van der Waals surface area (Å²) in [6.07, 6.45) is 0. The number of azo groups is 1. The van der Waals surface area contributed by atoms with E-state index >= 15 is 0 Å². The van der Waals surface area contributed by atoms with Gasteiger partial charge in [-0.15, -0.1) is 0 Å². The molecule has 2 atom stereocenters.